The van der Waals surface area contributed by atoms with Crippen molar-refractivity contribution < 1.29 is 5.11 Å². The van der Waals surface area contributed by atoms with Crippen molar-refractivity contribution in [2.24, 2.45) is 11.8 Å². The smallest absolute Gasteiger partial charge is 0.0471 e. The molecule has 92 valence electrons. The normalized spacial score (nSPS) is 30.8. The van der Waals surface area contributed by atoms with Crippen LogP contribution >= 0.6 is 0 Å². The summed E-state index contributed by atoms with van der Waals surface area (Å²) < 4.78 is 0. The topological polar surface area (TPSA) is 32.3 Å². The van der Waals surface area contributed by atoms with Crippen LogP contribution < -0.4 is 5.32 Å². The molecule has 3 rings (SSSR count). The molecule has 2 bridgehead atoms. The van der Waals surface area contributed by atoms with E-state index in [4.69, 9.17) is 5.11 Å². The van der Waals surface area contributed by atoms with Gasteiger partial charge in [0.1, 0.15) is 0 Å². The molecule has 2 aliphatic rings. The largest absolute Gasteiger partial charge is 0.396 e. The Hall–Kier alpha value is -1.02. The highest BCUT2D eigenvalue weighted by Crippen LogP contribution is 2.45. The summed E-state index contributed by atoms with van der Waals surface area (Å²) in [4.78, 5) is 0. The lowest BCUT2D eigenvalue weighted by Crippen LogP contribution is -2.25. The van der Waals surface area contributed by atoms with E-state index >= 15 is 0 Å². The highest BCUT2D eigenvalue weighted by Gasteiger charge is 2.39. The minimum atomic E-state index is 0.235. The molecule has 0 spiro atoms. The van der Waals surface area contributed by atoms with Crippen molar-refractivity contribution in [2.45, 2.75) is 38.1 Å². The van der Waals surface area contributed by atoms with E-state index in [2.05, 4.69) is 29.6 Å². The van der Waals surface area contributed by atoms with Crippen LogP contribution in [0.15, 0.2) is 24.3 Å². The minimum Gasteiger partial charge on any atom is -0.396 e. The van der Waals surface area contributed by atoms with Gasteiger partial charge in [0.2, 0.25) is 0 Å². The number of aliphatic hydroxyl groups is 1. The van der Waals surface area contributed by atoms with Gasteiger partial charge in [0, 0.05) is 18.3 Å². The first kappa shape index (κ1) is 11.1. The molecule has 2 N–H and O–H groups in total. The molecular formula is C15H21NO. The first-order chi connectivity index (χ1) is 8.35. The second-order valence-electron chi connectivity index (χ2n) is 5.60. The predicted molar refractivity (Wildman–Crippen MR) is 70.1 cm³/mol. The maximum atomic E-state index is 8.87. The van der Waals surface area contributed by atoms with Gasteiger partial charge in [0.05, 0.1) is 0 Å². The van der Waals surface area contributed by atoms with E-state index in [1.807, 2.05) is 0 Å². The van der Waals surface area contributed by atoms with E-state index in [0.717, 1.165) is 18.3 Å². The standard InChI is InChI=1S/C15H21NO/c17-8-7-11-2-5-14(6-3-11)16-15-10-12-1-4-13(15)9-12/h2-3,5-6,12-13,15-17H,1,4,7-10H2. The van der Waals surface area contributed by atoms with Crippen molar-refractivity contribution in [3.05, 3.63) is 29.8 Å². The molecule has 2 nitrogen and oxygen atoms in total. The molecule has 2 heteroatoms. The Bertz CT molecular complexity index is 373. The number of anilines is 1. The summed E-state index contributed by atoms with van der Waals surface area (Å²) in [6.45, 7) is 0.235. The monoisotopic (exact) mass is 231 g/mol. The van der Waals surface area contributed by atoms with Crippen LogP contribution in [-0.2, 0) is 6.42 Å². The van der Waals surface area contributed by atoms with Gasteiger partial charge in [-0.25, -0.2) is 0 Å². The van der Waals surface area contributed by atoms with Crippen LogP contribution in [0.25, 0.3) is 0 Å². The number of nitrogens with one attached hydrogen (secondary N) is 1. The number of benzene rings is 1. The quantitative estimate of drug-likeness (QED) is 0.835. The third-order valence-corrected chi connectivity index (χ3v) is 4.44. The number of aliphatic hydroxyl groups excluding tert-OH is 1. The Morgan fingerprint density at radius 1 is 1.12 bits per heavy atom. The van der Waals surface area contributed by atoms with Crippen molar-refractivity contribution in [3.8, 4) is 0 Å². The lowest BCUT2D eigenvalue weighted by atomic mass is 9.95. The van der Waals surface area contributed by atoms with Gasteiger partial charge in [-0.1, -0.05) is 18.6 Å². The maximum Gasteiger partial charge on any atom is 0.0471 e. The molecule has 3 unspecified atom stereocenters. The Labute approximate surface area is 103 Å². The SMILES string of the molecule is OCCc1ccc(NC2CC3CCC2C3)cc1. The lowest BCUT2D eigenvalue weighted by Gasteiger charge is -2.24. The number of hydrogen-bond acceptors (Lipinski definition) is 2. The van der Waals surface area contributed by atoms with Crippen LogP contribution in [0.4, 0.5) is 5.69 Å². The van der Waals surface area contributed by atoms with E-state index in [-0.39, 0.29) is 6.61 Å². The van der Waals surface area contributed by atoms with Crippen molar-refractivity contribution >= 4 is 5.69 Å². The van der Waals surface area contributed by atoms with Gasteiger partial charge in [-0.05, 0) is 55.2 Å². The Balaban J connectivity index is 1.61. The molecule has 2 aliphatic carbocycles. The van der Waals surface area contributed by atoms with Crippen LogP contribution in [0.5, 0.6) is 0 Å². The van der Waals surface area contributed by atoms with Crippen molar-refractivity contribution in [2.75, 3.05) is 11.9 Å². The molecule has 0 aromatic heterocycles. The third kappa shape index (κ3) is 2.32. The maximum absolute atomic E-state index is 8.87. The zero-order valence-corrected chi connectivity index (χ0v) is 10.2. The summed E-state index contributed by atoms with van der Waals surface area (Å²) in [7, 11) is 0. The zero-order chi connectivity index (χ0) is 11.7. The average molecular weight is 231 g/mol. The highest BCUT2D eigenvalue weighted by molar-refractivity contribution is 5.46. The fourth-order valence-electron chi connectivity index (χ4n) is 3.53. The summed E-state index contributed by atoms with van der Waals surface area (Å²) in [6, 6.07) is 9.24. The van der Waals surface area contributed by atoms with Crippen LogP contribution in [-0.4, -0.2) is 17.8 Å². The van der Waals surface area contributed by atoms with Crippen LogP contribution in [0, 0.1) is 11.8 Å². The molecule has 1 aromatic carbocycles. The fraction of sp³-hybridized carbons (Fsp3) is 0.600. The first-order valence-corrected chi connectivity index (χ1v) is 6.81. The lowest BCUT2D eigenvalue weighted by molar-refractivity contribution is 0.299. The van der Waals surface area contributed by atoms with E-state index in [1.54, 1.807) is 0 Å². The number of fused-ring (bicyclic) bond motifs is 2. The summed E-state index contributed by atoms with van der Waals surface area (Å²) in [5.41, 5.74) is 2.45. The van der Waals surface area contributed by atoms with Gasteiger partial charge < -0.3 is 10.4 Å². The van der Waals surface area contributed by atoms with Gasteiger partial charge in [-0.2, -0.15) is 0 Å². The van der Waals surface area contributed by atoms with Crippen LogP contribution in [0.1, 0.15) is 31.2 Å². The summed E-state index contributed by atoms with van der Waals surface area (Å²) in [5, 5.41) is 12.6. The third-order valence-electron chi connectivity index (χ3n) is 4.44. The van der Waals surface area contributed by atoms with Gasteiger partial charge in [-0.15, -0.1) is 0 Å². The molecule has 2 fully saturated rings. The first-order valence-electron chi connectivity index (χ1n) is 6.81. The van der Waals surface area contributed by atoms with E-state index in [0.29, 0.717) is 6.04 Å². The molecule has 1 aromatic rings. The predicted octanol–water partition coefficient (Wildman–Crippen LogP) is 2.82. The zero-order valence-electron chi connectivity index (χ0n) is 10.2. The van der Waals surface area contributed by atoms with Crippen molar-refractivity contribution in [1.29, 1.82) is 0 Å². The molecule has 17 heavy (non-hydrogen) atoms. The highest BCUT2D eigenvalue weighted by atomic mass is 16.2. The summed E-state index contributed by atoms with van der Waals surface area (Å²) in [6.07, 6.45) is 6.45. The fourth-order valence-corrected chi connectivity index (χ4v) is 3.53. The van der Waals surface area contributed by atoms with Crippen LogP contribution in [0.3, 0.4) is 0 Å². The van der Waals surface area contributed by atoms with Crippen molar-refractivity contribution in [3.63, 3.8) is 0 Å². The summed E-state index contributed by atoms with van der Waals surface area (Å²) >= 11 is 0. The van der Waals surface area contributed by atoms with Gasteiger partial charge in [-0.3, -0.25) is 0 Å². The average Bonchev–Trinajstić information content (AvgIpc) is 2.94. The Morgan fingerprint density at radius 3 is 2.53 bits per heavy atom. The van der Waals surface area contributed by atoms with Gasteiger partial charge in [0.15, 0.2) is 0 Å². The Kier molecular flexibility index (Phi) is 3.06. The molecule has 0 heterocycles. The molecule has 3 atom stereocenters. The summed E-state index contributed by atoms with van der Waals surface area (Å²) in [5.74, 6) is 1.91. The molecule has 0 aliphatic heterocycles. The molecule has 0 saturated heterocycles. The van der Waals surface area contributed by atoms with E-state index in [1.165, 1.54) is 36.9 Å². The minimum absolute atomic E-state index is 0.235. The van der Waals surface area contributed by atoms with E-state index in [9.17, 15) is 0 Å². The molecular weight excluding hydrogens is 210 g/mol. The van der Waals surface area contributed by atoms with Gasteiger partial charge >= 0.3 is 0 Å². The molecule has 2 saturated carbocycles. The number of hydrogen-bond donors (Lipinski definition) is 2. The van der Waals surface area contributed by atoms with Gasteiger partial charge in [0.25, 0.3) is 0 Å². The van der Waals surface area contributed by atoms with E-state index < -0.39 is 0 Å². The molecule has 0 radical (unpaired) electrons. The van der Waals surface area contributed by atoms with Crippen molar-refractivity contribution in [1.82, 2.24) is 0 Å². The molecule has 0 amide bonds. The Morgan fingerprint density at radius 2 is 1.94 bits per heavy atom. The van der Waals surface area contributed by atoms with Crippen LogP contribution in [0.2, 0.25) is 0 Å². The second-order valence-corrected chi connectivity index (χ2v) is 5.60. The number of rotatable bonds is 4. The second kappa shape index (κ2) is 4.69.